The number of methoxy groups -OCH3 is 1. The molecule has 2 aromatic carbocycles. The number of nitro groups is 1. The van der Waals surface area contributed by atoms with E-state index < -0.39 is 36.8 Å². The van der Waals surface area contributed by atoms with E-state index >= 15 is 0 Å². The van der Waals surface area contributed by atoms with Crippen molar-refractivity contribution in [1.29, 1.82) is 0 Å². The van der Waals surface area contributed by atoms with E-state index in [9.17, 15) is 32.9 Å². The molecule has 0 radical (unpaired) electrons. The van der Waals surface area contributed by atoms with Crippen LogP contribution in [0.2, 0.25) is 0 Å². The maximum Gasteiger partial charge on any atom is 0.346 e. The van der Waals surface area contributed by atoms with Crippen LogP contribution >= 0.6 is 11.8 Å². The van der Waals surface area contributed by atoms with Crippen LogP contribution in [0.4, 0.5) is 10.5 Å². The largest absolute Gasteiger partial charge is 0.493 e. The summed E-state index contributed by atoms with van der Waals surface area (Å²) in [7, 11) is -3.32. The molecule has 2 aliphatic rings. The molecule has 0 unspecified atom stereocenters. The van der Waals surface area contributed by atoms with Crippen LogP contribution in [0.15, 0.2) is 52.3 Å². The van der Waals surface area contributed by atoms with Crippen LogP contribution in [0.3, 0.4) is 0 Å². The highest BCUT2D eigenvalue weighted by atomic mass is 32.2. The summed E-state index contributed by atoms with van der Waals surface area (Å²) in [5.74, 6) is -1.16. The third-order valence-corrected chi connectivity index (χ3v) is 7.83. The van der Waals surface area contributed by atoms with Crippen LogP contribution in [0.1, 0.15) is 18.4 Å². The minimum atomic E-state index is -4.58. The number of hydrogen-bond donors (Lipinski definition) is 0. The molecule has 12 nitrogen and oxygen atoms in total. The van der Waals surface area contributed by atoms with Gasteiger partial charge >= 0.3 is 10.1 Å². The molecule has 37 heavy (non-hydrogen) atoms. The molecule has 0 spiro atoms. The van der Waals surface area contributed by atoms with Gasteiger partial charge in [-0.3, -0.25) is 29.4 Å². The number of thioether (sulfide) groups is 1. The Bertz CT molecular complexity index is 1420. The number of rotatable bonds is 8. The van der Waals surface area contributed by atoms with Crippen LogP contribution in [-0.2, 0) is 19.7 Å². The minimum absolute atomic E-state index is 0.0284. The Kier molecular flexibility index (Phi) is 7.50. The molecular weight excluding hydrogens is 526 g/mol. The number of likely N-dealkylation sites (tertiary alicyclic amines) is 1. The Labute approximate surface area is 216 Å². The lowest BCUT2D eigenvalue weighted by Crippen LogP contribution is -2.40. The van der Waals surface area contributed by atoms with E-state index in [-0.39, 0.29) is 28.9 Å². The van der Waals surface area contributed by atoms with E-state index in [4.69, 9.17) is 8.92 Å². The first-order valence-corrected chi connectivity index (χ1v) is 13.2. The Morgan fingerprint density at radius 3 is 2.51 bits per heavy atom. The predicted octanol–water partition coefficient (Wildman–Crippen LogP) is 3.03. The number of nitro benzene ring substituents is 1. The quantitative estimate of drug-likeness (QED) is 0.208. The first-order chi connectivity index (χ1) is 17.6. The first kappa shape index (κ1) is 26.2. The normalized spacial score (nSPS) is 16.9. The average Bonchev–Trinajstić information content (AvgIpc) is 3.50. The summed E-state index contributed by atoms with van der Waals surface area (Å²) in [6, 6.07) is 8.83. The van der Waals surface area contributed by atoms with Gasteiger partial charge in [-0.25, -0.2) is 0 Å². The third-order valence-electron chi connectivity index (χ3n) is 5.64. The van der Waals surface area contributed by atoms with Gasteiger partial charge in [0, 0.05) is 19.2 Å². The summed E-state index contributed by atoms with van der Waals surface area (Å²) in [6.45, 7) is 0.875. The number of ether oxygens (including phenoxy) is 1. The maximum atomic E-state index is 12.8. The van der Waals surface area contributed by atoms with Gasteiger partial charge in [0.2, 0.25) is 5.91 Å². The van der Waals surface area contributed by atoms with Crippen LogP contribution in [0.25, 0.3) is 6.08 Å². The molecular formula is C23H21N3O9S2. The second-order valence-corrected chi connectivity index (χ2v) is 10.5. The van der Waals surface area contributed by atoms with Gasteiger partial charge in [-0.2, -0.15) is 8.42 Å². The Morgan fingerprint density at radius 2 is 1.84 bits per heavy atom. The molecule has 194 valence electrons. The molecule has 0 N–H and O–H groups in total. The van der Waals surface area contributed by atoms with Crippen molar-refractivity contribution in [1.82, 2.24) is 9.80 Å². The Hall–Kier alpha value is -3.91. The zero-order valence-electron chi connectivity index (χ0n) is 19.5. The number of imide groups is 1. The second kappa shape index (κ2) is 10.6. The summed E-state index contributed by atoms with van der Waals surface area (Å²) in [5, 5.41) is 10.7. The molecule has 0 bridgehead atoms. The average molecular weight is 548 g/mol. The number of hydrogen-bond acceptors (Lipinski definition) is 10. The number of nitrogens with zero attached hydrogens (tertiary/aromatic N) is 3. The monoisotopic (exact) mass is 547 g/mol. The van der Waals surface area contributed by atoms with E-state index in [1.54, 1.807) is 4.90 Å². The van der Waals surface area contributed by atoms with E-state index in [2.05, 4.69) is 0 Å². The summed E-state index contributed by atoms with van der Waals surface area (Å²) in [4.78, 5) is 49.9. The van der Waals surface area contributed by atoms with Gasteiger partial charge in [0.1, 0.15) is 6.54 Å². The van der Waals surface area contributed by atoms with Crippen LogP contribution in [0.5, 0.6) is 11.5 Å². The van der Waals surface area contributed by atoms with Crippen LogP contribution in [-0.4, -0.2) is 66.9 Å². The van der Waals surface area contributed by atoms with E-state index in [0.717, 1.165) is 29.9 Å². The number of para-hydroxylation sites is 1. The van der Waals surface area contributed by atoms with Crippen molar-refractivity contribution in [3.8, 4) is 11.5 Å². The van der Waals surface area contributed by atoms with Crippen molar-refractivity contribution in [2.24, 2.45) is 0 Å². The van der Waals surface area contributed by atoms with Crippen LogP contribution in [0, 0.1) is 10.1 Å². The number of amides is 3. The van der Waals surface area contributed by atoms with Gasteiger partial charge in [0.25, 0.3) is 16.8 Å². The molecule has 2 saturated heterocycles. The highest BCUT2D eigenvalue weighted by molar-refractivity contribution is 8.18. The fourth-order valence-electron chi connectivity index (χ4n) is 3.81. The molecule has 2 fully saturated rings. The smallest absolute Gasteiger partial charge is 0.346 e. The molecule has 0 aliphatic carbocycles. The molecule has 2 heterocycles. The molecule has 2 aliphatic heterocycles. The minimum Gasteiger partial charge on any atom is -0.493 e. The number of carbonyl (C=O) groups excluding carboxylic acids is 3. The molecule has 4 rings (SSSR count). The maximum absolute atomic E-state index is 12.8. The zero-order chi connectivity index (χ0) is 26.7. The Morgan fingerprint density at radius 1 is 1.14 bits per heavy atom. The van der Waals surface area contributed by atoms with Crippen LogP contribution < -0.4 is 8.92 Å². The van der Waals surface area contributed by atoms with E-state index in [1.807, 2.05) is 0 Å². The summed E-state index contributed by atoms with van der Waals surface area (Å²) < 4.78 is 35.8. The highest BCUT2D eigenvalue weighted by Crippen LogP contribution is 2.36. The summed E-state index contributed by atoms with van der Waals surface area (Å²) in [5.41, 5.74) is -0.249. The SMILES string of the molecule is COc1cc(/C=C2\SC(=O)N(CC(=O)N3CCCC3)C2=O)ccc1OS(=O)(=O)c1ccccc1[N+](=O)[O-]. The lowest BCUT2D eigenvalue weighted by molar-refractivity contribution is -0.387. The van der Waals surface area contributed by atoms with Gasteiger partial charge in [0.05, 0.1) is 16.9 Å². The molecule has 0 saturated carbocycles. The summed E-state index contributed by atoms with van der Waals surface area (Å²) >= 11 is 0.686. The topological polar surface area (TPSA) is 153 Å². The fourth-order valence-corrected chi connectivity index (χ4v) is 5.76. The second-order valence-electron chi connectivity index (χ2n) is 8.03. The van der Waals surface area contributed by atoms with Crippen molar-refractivity contribution in [3.63, 3.8) is 0 Å². The lowest BCUT2D eigenvalue weighted by atomic mass is 10.2. The number of carbonyl (C=O) groups is 3. The Balaban J connectivity index is 1.54. The van der Waals surface area contributed by atoms with Gasteiger partial charge in [-0.1, -0.05) is 18.2 Å². The lowest BCUT2D eigenvalue weighted by Gasteiger charge is -2.18. The van der Waals surface area contributed by atoms with Crippen molar-refractivity contribution in [3.05, 3.63) is 63.0 Å². The zero-order valence-corrected chi connectivity index (χ0v) is 21.1. The molecule has 0 atom stereocenters. The van der Waals surface area contributed by atoms with Crippen molar-refractivity contribution >= 4 is 50.7 Å². The van der Waals surface area contributed by atoms with Gasteiger partial charge in [-0.05, 0) is 54.4 Å². The molecule has 3 amide bonds. The van der Waals surface area contributed by atoms with Gasteiger partial charge in [-0.15, -0.1) is 0 Å². The molecule has 0 aromatic heterocycles. The van der Waals surface area contributed by atoms with Crippen molar-refractivity contribution < 1.29 is 36.6 Å². The number of benzene rings is 2. The molecule has 14 heteroatoms. The molecule has 2 aromatic rings. The van der Waals surface area contributed by atoms with E-state index in [0.29, 0.717) is 30.4 Å². The van der Waals surface area contributed by atoms with Crippen molar-refractivity contribution in [2.75, 3.05) is 26.7 Å². The van der Waals surface area contributed by atoms with Gasteiger partial charge in [0.15, 0.2) is 16.4 Å². The highest BCUT2D eigenvalue weighted by Gasteiger charge is 2.37. The predicted molar refractivity (Wildman–Crippen MR) is 132 cm³/mol. The van der Waals surface area contributed by atoms with Gasteiger partial charge < -0.3 is 13.8 Å². The first-order valence-electron chi connectivity index (χ1n) is 11.0. The van der Waals surface area contributed by atoms with Crippen molar-refractivity contribution in [2.45, 2.75) is 17.7 Å². The fraction of sp³-hybridized carbons (Fsp3) is 0.261. The summed E-state index contributed by atoms with van der Waals surface area (Å²) in [6.07, 6.45) is 3.19. The third kappa shape index (κ3) is 5.59. The standard InChI is InChI=1S/C23H21N3O9S2/c1-34-18-12-15(8-9-17(18)35-37(32,33)20-7-3-2-6-16(20)26(30)31)13-19-22(28)25(23(29)36-19)14-21(27)24-10-4-5-11-24/h2-3,6-9,12-13H,4-5,10-11,14H2,1H3/b19-13-. The van der Waals surface area contributed by atoms with E-state index in [1.165, 1.54) is 43.5 Å².